The van der Waals surface area contributed by atoms with Crippen molar-refractivity contribution in [3.63, 3.8) is 0 Å². The van der Waals surface area contributed by atoms with Crippen LogP contribution in [-0.4, -0.2) is 35.4 Å². The lowest BCUT2D eigenvalue weighted by Crippen LogP contribution is -2.48. The first kappa shape index (κ1) is 23.5. The number of imide groups is 1. The van der Waals surface area contributed by atoms with Crippen molar-refractivity contribution in [2.45, 2.75) is 19.0 Å². The number of hydrazine groups is 1. The summed E-state index contributed by atoms with van der Waals surface area (Å²) in [7, 11) is 0. The molecule has 0 unspecified atom stereocenters. The highest BCUT2D eigenvalue weighted by molar-refractivity contribution is 9.10. The minimum absolute atomic E-state index is 0.383. The number of hydrogen-bond acceptors (Lipinski definition) is 5. The van der Waals surface area contributed by atoms with Crippen LogP contribution in [0.15, 0.2) is 77.3 Å². The van der Waals surface area contributed by atoms with Crippen molar-refractivity contribution in [2.24, 2.45) is 5.92 Å². The number of halogens is 2. The molecule has 178 valence electrons. The second kappa shape index (κ2) is 9.45. The number of ether oxygens (including phenoxy) is 1. The van der Waals surface area contributed by atoms with Crippen molar-refractivity contribution >= 4 is 50.9 Å². The van der Waals surface area contributed by atoms with Gasteiger partial charge in [0.1, 0.15) is 11.8 Å². The molecule has 7 nitrogen and oxygen atoms in total. The highest BCUT2D eigenvalue weighted by Gasteiger charge is 2.60. The maximum absolute atomic E-state index is 13.7. The Morgan fingerprint density at radius 1 is 1.03 bits per heavy atom. The fourth-order valence-electron chi connectivity index (χ4n) is 4.63. The van der Waals surface area contributed by atoms with Crippen LogP contribution in [0.2, 0.25) is 5.02 Å². The van der Waals surface area contributed by atoms with Crippen LogP contribution in [0.25, 0.3) is 0 Å². The molecular formula is C26H21BrClN3O4. The van der Waals surface area contributed by atoms with Gasteiger partial charge in [-0.2, -0.15) is 0 Å². The molecule has 1 N–H and O–H groups in total. The Morgan fingerprint density at radius 2 is 1.77 bits per heavy atom. The molecule has 3 atom stereocenters. The number of hydrogen-bond donors (Lipinski definition) is 1. The van der Waals surface area contributed by atoms with E-state index in [0.717, 1.165) is 9.37 Å². The van der Waals surface area contributed by atoms with Crippen molar-refractivity contribution in [3.05, 3.63) is 93.4 Å². The number of amides is 3. The predicted octanol–water partition coefficient (Wildman–Crippen LogP) is 4.76. The number of nitrogens with one attached hydrogen (secondary N) is 1. The first-order valence-corrected chi connectivity index (χ1v) is 12.3. The molecule has 5 rings (SSSR count). The Hall–Kier alpha value is -3.20. The number of nitrogens with zero attached hydrogens (tertiary/aromatic N) is 2. The molecule has 0 spiro atoms. The van der Waals surface area contributed by atoms with Gasteiger partial charge in [-0.15, -0.1) is 0 Å². The summed E-state index contributed by atoms with van der Waals surface area (Å²) in [4.78, 5) is 42.0. The summed E-state index contributed by atoms with van der Waals surface area (Å²) in [5.74, 6) is -1.43. The molecule has 0 aromatic heterocycles. The molecule has 2 aliphatic rings. The number of benzene rings is 3. The molecule has 0 aliphatic carbocycles. The topological polar surface area (TPSA) is 79.0 Å². The van der Waals surface area contributed by atoms with Crippen molar-refractivity contribution in [1.29, 1.82) is 0 Å². The van der Waals surface area contributed by atoms with Crippen LogP contribution in [0.5, 0.6) is 5.75 Å². The average molecular weight is 555 g/mol. The van der Waals surface area contributed by atoms with E-state index in [1.807, 2.05) is 19.1 Å². The third-order valence-electron chi connectivity index (χ3n) is 6.14. The predicted molar refractivity (Wildman–Crippen MR) is 135 cm³/mol. The molecular weight excluding hydrogens is 534 g/mol. The summed E-state index contributed by atoms with van der Waals surface area (Å²) >= 11 is 9.61. The molecule has 0 radical (unpaired) electrons. The molecule has 0 bridgehead atoms. The van der Waals surface area contributed by atoms with E-state index in [2.05, 4.69) is 21.4 Å². The monoisotopic (exact) mass is 553 g/mol. The molecule has 3 aromatic carbocycles. The second-order valence-electron chi connectivity index (χ2n) is 8.26. The third kappa shape index (κ3) is 4.22. The first-order chi connectivity index (χ1) is 16.9. The van der Waals surface area contributed by atoms with E-state index in [1.165, 1.54) is 5.01 Å². The van der Waals surface area contributed by atoms with E-state index >= 15 is 0 Å². The molecule has 3 aromatic rings. The van der Waals surface area contributed by atoms with Gasteiger partial charge in [-0.05, 0) is 67.1 Å². The molecule has 2 heterocycles. The Labute approximate surface area is 215 Å². The number of fused-ring (bicyclic) bond motifs is 1. The minimum Gasteiger partial charge on any atom is -0.494 e. The normalized spacial score (nSPS) is 21.4. The summed E-state index contributed by atoms with van der Waals surface area (Å²) in [6, 6.07) is 19.1. The summed E-state index contributed by atoms with van der Waals surface area (Å²) < 4.78 is 6.21. The van der Waals surface area contributed by atoms with Gasteiger partial charge in [-0.3, -0.25) is 19.4 Å². The van der Waals surface area contributed by atoms with Crippen molar-refractivity contribution < 1.29 is 19.1 Å². The minimum atomic E-state index is -1.01. The van der Waals surface area contributed by atoms with E-state index in [9.17, 15) is 14.4 Å². The summed E-state index contributed by atoms with van der Waals surface area (Å²) in [5, 5.41) is 1.78. The molecule has 0 saturated carbocycles. The van der Waals surface area contributed by atoms with E-state index < -0.39 is 29.8 Å². The number of carbonyl (C=O) groups is 3. The zero-order chi connectivity index (χ0) is 24.7. The number of rotatable bonds is 5. The smallest absolute Gasteiger partial charge is 0.268 e. The van der Waals surface area contributed by atoms with Crippen LogP contribution >= 0.6 is 27.5 Å². The lowest BCUT2D eigenvalue weighted by Gasteiger charge is -2.25. The highest BCUT2D eigenvalue weighted by atomic mass is 79.9. The van der Waals surface area contributed by atoms with Crippen molar-refractivity contribution in [3.8, 4) is 5.75 Å². The first-order valence-electron chi connectivity index (χ1n) is 11.1. The van der Waals surface area contributed by atoms with E-state index in [1.54, 1.807) is 60.7 Å². The zero-order valence-electron chi connectivity index (χ0n) is 18.7. The van der Waals surface area contributed by atoms with Crippen molar-refractivity contribution in [2.75, 3.05) is 11.5 Å². The van der Waals surface area contributed by atoms with Crippen LogP contribution in [0, 0.1) is 5.92 Å². The summed E-state index contributed by atoms with van der Waals surface area (Å²) in [5.41, 5.74) is 4.66. The fraction of sp³-hybridized carbons (Fsp3) is 0.192. The molecule has 35 heavy (non-hydrogen) atoms. The van der Waals surface area contributed by atoms with E-state index in [-0.39, 0.29) is 5.91 Å². The Balaban J connectivity index is 1.55. The van der Waals surface area contributed by atoms with Gasteiger partial charge < -0.3 is 4.74 Å². The van der Waals surface area contributed by atoms with Gasteiger partial charge >= 0.3 is 0 Å². The lowest BCUT2D eigenvalue weighted by molar-refractivity contribution is -0.123. The molecule has 2 fully saturated rings. The van der Waals surface area contributed by atoms with Gasteiger partial charge in [-0.25, -0.2) is 10.3 Å². The molecule has 9 heteroatoms. The Bertz CT molecular complexity index is 1320. The van der Waals surface area contributed by atoms with E-state index in [0.29, 0.717) is 34.2 Å². The summed E-state index contributed by atoms with van der Waals surface area (Å²) in [6.45, 7) is 2.38. The SMILES string of the molecule is CCOc1ccc(N2C(=O)[C@@H]3[C@H](c4cccc(Cl)c4)NN(C(=O)c4cccc(Br)c4)[C@H]3C2=O)cc1. The molecule has 2 aliphatic heterocycles. The van der Waals surface area contributed by atoms with Gasteiger partial charge in [0.15, 0.2) is 0 Å². The second-order valence-corrected chi connectivity index (χ2v) is 9.61. The maximum atomic E-state index is 13.7. The van der Waals surface area contributed by atoms with Gasteiger partial charge in [0.25, 0.3) is 11.8 Å². The van der Waals surface area contributed by atoms with Gasteiger partial charge in [0.2, 0.25) is 5.91 Å². The Kier molecular flexibility index (Phi) is 6.35. The maximum Gasteiger partial charge on any atom is 0.268 e. The molecule has 3 amide bonds. The van der Waals surface area contributed by atoms with Crippen LogP contribution in [-0.2, 0) is 9.59 Å². The van der Waals surface area contributed by atoms with Crippen LogP contribution in [0.1, 0.15) is 28.9 Å². The van der Waals surface area contributed by atoms with Gasteiger partial charge in [-0.1, -0.05) is 45.7 Å². The average Bonchev–Trinajstić information content (AvgIpc) is 3.36. The Morgan fingerprint density at radius 3 is 2.46 bits per heavy atom. The van der Waals surface area contributed by atoms with Gasteiger partial charge in [0, 0.05) is 15.1 Å². The van der Waals surface area contributed by atoms with Crippen LogP contribution in [0.4, 0.5) is 5.69 Å². The third-order valence-corrected chi connectivity index (χ3v) is 6.87. The fourth-order valence-corrected chi connectivity index (χ4v) is 5.22. The lowest BCUT2D eigenvalue weighted by atomic mass is 9.91. The standard InChI is InChI=1S/C26H21BrClN3O4/c1-2-35-20-11-9-19(10-12-20)30-25(33)21-22(15-5-4-8-18(28)14-15)29-31(23(21)26(30)34)24(32)16-6-3-7-17(27)13-16/h3-14,21-23,29H,2H2,1H3/t21-,22+,23-/m1/s1. The number of anilines is 1. The number of carbonyl (C=O) groups excluding carboxylic acids is 3. The summed E-state index contributed by atoms with van der Waals surface area (Å²) in [6.07, 6.45) is 0. The van der Waals surface area contributed by atoms with Gasteiger partial charge in [0.05, 0.1) is 24.3 Å². The van der Waals surface area contributed by atoms with Crippen molar-refractivity contribution in [1.82, 2.24) is 10.4 Å². The van der Waals surface area contributed by atoms with Crippen LogP contribution in [0.3, 0.4) is 0 Å². The quantitative estimate of drug-likeness (QED) is 0.460. The molecule has 2 saturated heterocycles. The van der Waals surface area contributed by atoms with Crippen LogP contribution < -0.4 is 15.1 Å². The highest BCUT2D eigenvalue weighted by Crippen LogP contribution is 2.43. The largest absolute Gasteiger partial charge is 0.494 e. The zero-order valence-corrected chi connectivity index (χ0v) is 21.0. The van der Waals surface area contributed by atoms with E-state index in [4.69, 9.17) is 16.3 Å².